The SMILES string of the molecule is COCC1CCN(c2cc(C(=O)NS(C)(=O)=O)nc3c2c(C(C)C)nn3CC(C)C)CC1. The van der Waals surface area contributed by atoms with Gasteiger partial charge in [-0.3, -0.25) is 4.79 Å². The highest BCUT2D eigenvalue weighted by molar-refractivity contribution is 7.89. The summed E-state index contributed by atoms with van der Waals surface area (Å²) in [5, 5.41) is 5.81. The van der Waals surface area contributed by atoms with E-state index in [1.807, 2.05) is 9.40 Å². The fraction of sp³-hybridized carbons (Fsp3) is 0.682. The normalized spacial score (nSPS) is 15.8. The number of nitrogens with zero attached hydrogens (tertiary/aromatic N) is 4. The van der Waals surface area contributed by atoms with Crippen LogP contribution in [0.4, 0.5) is 5.69 Å². The number of ether oxygens (including phenoxy) is 1. The van der Waals surface area contributed by atoms with Gasteiger partial charge in [0.15, 0.2) is 5.65 Å². The Balaban J connectivity index is 2.15. The van der Waals surface area contributed by atoms with Crippen LogP contribution in [0.3, 0.4) is 0 Å². The van der Waals surface area contributed by atoms with Crippen molar-refractivity contribution in [3.8, 4) is 0 Å². The third-order valence-electron chi connectivity index (χ3n) is 5.66. The number of rotatable bonds is 8. The summed E-state index contributed by atoms with van der Waals surface area (Å²) in [6.45, 7) is 11.4. The van der Waals surface area contributed by atoms with Crippen LogP contribution in [-0.4, -0.2) is 62.2 Å². The van der Waals surface area contributed by atoms with Crippen LogP contribution in [0.5, 0.6) is 0 Å². The maximum Gasteiger partial charge on any atom is 0.283 e. The molecule has 3 rings (SSSR count). The number of methoxy groups -OCH3 is 1. The molecule has 9 nitrogen and oxygen atoms in total. The monoisotopic (exact) mass is 465 g/mol. The third-order valence-corrected chi connectivity index (χ3v) is 6.22. The first-order valence-electron chi connectivity index (χ1n) is 11.2. The summed E-state index contributed by atoms with van der Waals surface area (Å²) in [4.78, 5) is 19.6. The van der Waals surface area contributed by atoms with E-state index in [1.165, 1.54) is 0 Å². The molecule has 32 heavy (non-hydrogen) atoms. The molecule has 0 atom stereocenters. The van der Waals surface area contributed by atoms with E-state index in [-0.39, 0.29) is 11.6 Å². The number of aromatic nitrogens is 3. The Morgan fingerprint density at radius 1 is 1.25 bits per heavy atom. The molecule has 3 heterocycles. The smallest absolute Gasteiger partial charge is 0.283 e. The minimum atomic E-state index is -3.70. The lowest BCUT2D eigenvalue weighted by molar-refractivity contribution is 0.0977. The van der Waals surface area contributed by atoms with E-state index in [1.54, 1.807) is 13.2 Å². The summed E-state index contributed by atoms with van der Waals surface area (Å²) in [5.41, 5.74) is 2.54. The van der Waals surface area contributed by atoms with E-state index in [0.717, 1.165) is 55.6 Å². The Bertz CT molecular complexity index is 1070. The van der Waals surface area contributed by atoms with Crippen molar-refractivity contribution in [1.29, 1.82) is 0 Å². The molecule has 1 N–H and O–H groups in total. The van der Waals surface area contributed by atoms with Gasteiger partial charge in [-0.25, -0.2) is 22.8 Å². The molecule has 1 aliphatic rings. The lowest BCUT2D eigenvalue weighted by Crippen LogP contribution is -2.36. The van der Waals surface area contributed by atoms with Crippen LogP contribution in [0.1, 0.15) is 62.6 Å². The van der Waals surface area contributed by atoms with E-state index in [2.05, 4.69) is 37.6 Å². The number of carbonyl (C=O) groups excluding carboxylic acids is 1. The van der Waals surface area contributed by atoms with Gasteiger partial charge in [-0.15, -0.1) is 0 Å². The van der Waals surface area contributed by atoms with Gasteiger partial charge in [-0.2, -0.15) is 5.10 Å². The number of pyridine rings is 1. The maximum absolute atomic E-state index is 12.7. The molecule has 2 aromatic heterocycles. The summed E-state index contributed by atoms with van der Waals surface area (Å²) in [6.07, 6.45) is 2.93. The Morgan fingerprint density at radius 2 is 1.91 bits per heavy atom. The Hall–Kier alpha value is -2.20. The first-order valence-corrected chi connectivity index (χ1v) is 13.1. The second-order valence-corrected chi connectivity index (χ2v) is 11.2. The number of anilines is 1. The Labute approximate surface area is 190 Å². The molecule has 0 spiro atoms. The quantitative estimate of drug-likeness (QED) is 0.639. The molecule has 2 aromatic rings. The van der Waals surface area contributed by atoms with E-state index in [4.69, 9.17) is 9.84 Å². The number of sulfonamides is 1. The van der Waals surface area contributed by atoms with Gasteiger partial charge in [0.2, 0.25) is 10.0 Å². The molecule has 0 radical (unpaired) electrons. The number of amides is 1. The van der Waals surface area contributed by atoms with Crippen molar-refractivity contribution in [1.82, 2.24) is 19.5 Å². The first kappa shape index (κ1) is 24.4. The fourth-order valence-electron chi connectivity index (χ4n) is 4.22. The van der Waals surface area contributed by atoms with Gasteiger partial charge in [0.1, 0.15) is 5.69 Å². The van der Waals surface area contributed by atoms with E-state index < -0.39 is 15.9 Å². The van der Waals surface area contributed by atoms with Crippen molar-refractivity contribution >= 4 is 32.7 Å². The van der Waals surface area contributed by atoms with E-state index in [0.29, 0.717) is 24.0 Å². The number of nitrogens with one attached hydrogen (secondary N) is 1. The van der Waals surface area contributed by atoms with Gasteiger partial charge in [0.05, 0.1) is 23.0 Å². The molecular formula is C22H35N5O4S. The standard InChI is InChI=1S/C22H35N5O4S/c1-14(2)12-27-21-19(20(24-27)15(3)4)18(26-9-7-16(8-10-26)13-31-5)11-17(23-21)22(28)25-32(6,29)30/h11,14-16H,7-10,12-13H2,1-6H3,(H,25,28). The predicted octanol–water partition coefficient (Wildman–Crippen LogP) is 2.76. The maximum atomic E-state index is 12.7. The van der Waals surface area contributed by atoms with Crippen LogP contribution in [0, 0.1) is 11.8 Å². The van der Waals surface area contributed by atoms with E-state index in [9.17, 15) is 13.2 Å². The zero-order valence-electron chi connectivity index (χ0n) is 19.9. The zero-order valence-corrected chi connectivity index (χ0v) is 20.7. The van der Waals surface area contributed by atoms with Gasteiger partial charge in [0.25, 0.3) is 5.91 Å². The summed E-state index contributed by atoms with van der Waals surface area (Å²) in [6, 6.07) is 1.72. The summed E-state index contributed by atoms with van der Waals surface area (Å²) < 4.78 is 32.6. The van der Waals surface area contributed by atoms with Crippen molar-refractivity contribution in [3.63, 3.8) is 0 Å². The fourth-order valence-corrected chi connectivity index (χ4v) is 4.66. The molecule has 0 saturated carbocycles. The van der Waals surface area contributed by atoms with Crippen LogP contribution in [0.15, 0.2) is 6.07 Å². The summed E-state index contributed by atoms with van der Waals surface area (Å²) >= 11 is 0. The average molecular weight is 466 g/mol. The minimum Gasteiger partial charge on any atom is -0.384 e. The van der Waals surface area contributed by atoms with Crippen LogP contribution >= 0.6 is 0 Å². The van der Waals surface area contributed by atoms with Gasteiger partial charge in [-0.05, 0) is 36.7 Å². The number of carbonyl (C=O) groups is 1. The summed E-state index contributed by atoms with van der Waals surface area (Å²) in [5.74, 6) is 0.290. The molecule has 0 aliphatic carbocycles. The molecule has 178 valence electrons. The van der Waals surface area contributed by atoms with Crippen molar-refractivity contribution in [3.05, 3.63) is 17.5 Å². The number of hydrogen-bond acceptors (Lipinski definition) is 7. The van der Waals surface area contributed by atoms with Crippen LogP contribution in [0.25, 0.3) is 11.0 Å². The number of hydrogen-bond donors (Lipinski definition) is 1. The van der Waals surface area contributed by atoms with Crippen LogP contribution in [0.2, 0.25) is 0 Å². The topological polar surface area (TPSA) is 106 Å². The van der Waals surface area contributed by atoms with Crippen molar-refractivity contribution in [2.75, 3.05) is 38.0 Å². The molecule has 1 saturated heterocycles. The second-order valence-electron chi connectivity index (χ2n) is 9.43. The zero-order chi connectivity index (χ0) is 23.6. The molecule has 1 aliphatic heterocycles. The van der Waals surface area contributed by atoms with Crippen molar-refractivity contribution in [2.45, 2.75) is 53.0 Å². The Kier molecular flexibility index (Phi) is 7.44. The highest BCUT2D eigenvalue weighted by Gasteiger charge is 2.27. The highest BCUT2D eigenvalue weighted by Crippen LogP contribution is 2.35. The molecule has 1 amide bonds. The summed E-state index contributed by atoms with van der Waals surface area (Å²) in [7, 11) is -1.98. The van der Waals surface area contributed by atoms with E-state index >= 15 is 0 Å². The van der Waals surface area contributed by atoms with Gasteiger partial charge in [-0.1, -0.05) is 27.7 Å². The second kappa shape index (κ2) is 9.74. The molecule has 10 heteroatoms. The molecule has 0 aromatic carbocycles. The van der Waals surface area contributed by atoms with Crippen LogP contribution < -0.4 is 9.62 Å². The Morgan fingerprint density at radius 3 is 2.44 bits per heavy atom. The van der Waals surface area contributed by atoms with Gasteiger partial charge in [0, 0.05) is 33.4 Å². The molecule has 0 bridgehead atoms. The minimum absolute atomic E-state index is 0.0807. The van der Waals surface area contributed by atoms with Crippen molar-refractivity contribution < 1.29 is 17.9 Å². The van der Waals surface area contributed by atoms with Crippen molar-refractivity contribution in [2.24, 2.45) is 11.8 Å². The number of piperidine rings is 1. The first-order chi connectivity index (χ1) is 15.0. The lowest BCUT2D eigenvalue weighted by Gasteiger charge is -2.34. The van der Waals surface area contributed by atoms with Crippen LogP contribution in [-0.2, 0) is 21.3 Å². The largest absolute Gasteiger partial charge is 0.384 e. The average Bonchev–Trinajstić information content (AvgIpc) is 3.05. The molecular weight excluding hydrogens is 430 g/mol. The molecule has 1 fully saturated rings. The predicted molar refractivity (Wildman–Crippen MR) is 126 cm³/mol. The lowest BCUT2D eigenvalue weighted by atomic mass is 9.96. The third kappa shape index (κ3) is 5.58. The number of fused-ring (bicyclic) bond motifs is 1. The van der Waals surface area contributed by atoms with Gasteiger partial charge < -0.3 is 9.64 Å². The highest BCUT2D eigenvalue weighted by atomic mass is 32.2. The molecule has 0 unspecified atom stereocenters. The van der Waals surface area contributed by atoms with Gasteiger partial charge >= 0.3 is 0 Å².